The molecule has 2 aromatic rings. The van der Waals surface area contributed by atoms with Gasteiger partial charge in [0.1, 0.15) is 17.9 Å². The topological polar surface area (TPSA) is 135 Å². The molecule has 3 N–H and O–H groups in total. The fraction of sp³-hybridized carbons (Fsp3) is 0.528. The monoisotopic (exact) mass is 736 g/mol. The van der Waals surface area contributed by atoms with Crippen molar-refractivity contribution in [2.45, 2.75) is 76.1 Å². The van der Waals surface area contributed by atoms with E-state index in [9.17, 15) is 32.3 Å². The number of alkyl halides is 5. The molecule has 1 saturated carbocycles. The lowest BCUT2D eigenvalue weighted by Gasteiger charge is -2.36. The number of likely N-dealkylation sites (N-methyl/N-ethyl adjacent to an activating group) is 1. The van der Waals surface area contributed by atoms with E-state index in [-0.39, 0.29) is 36.6 Å². The summed E-state index contributed by atoms with van der Waals surface area (Å²) in [6.07, 6.45) is -5.67. The molecule has 1 saturated heterocycles. The molecule has 0 spiro atoms. The minimum atomic E-state index is -4.50. The average Bonchev–Trinajstić information content (AvgIpc) is 3.12. The van der Waals surface area contributed by atoms with Crippen LogP contribution in [0.1, 0.15) is 68.6 Å². The maximum absolute atomic E-state index is 15.6. The minimum absolute atomic E-state index is 0.103. The van der Waals surface area contributed by atoms with Crippen molar-refractivity contribution in [1.29, 1.82) is 5.26 Å². The van der Waals surface area contributed by atoms with Crippen LogP contribution < -0.4 is 16.0 Å². The van der Waals surface area contributed by atoms with Crippen LogP contribution in [0.3, 0.4) is 0 Å². The Hall–Kier alpha value is -4.65. The summed E-state index contributed by atoms with van der Waals surface area (Å²) in [5.41, 5.74) is -1.09. The normalized spacial score (nSPS) is 20.2. The Kier molecular flexibility index (Phi) is 13.0. The molecule has 1 heterocycles. The second-order valence-electron chi connectivity index (χ2n) is 13.4. The smallest absolute Gasteiger partial charge is 0.344 e. The van der Waals surface area contributed by atoms with Gasteiger partial charge in [0.05, 0.1) is 23.2 Å². The van der Waals surface area contributed by atoms with E-state index in [1.165, 1.54) is 18.2 Å². The van der Waals surface area contributed by atoms with Gasteiger partial charge in [-0.2, -0.15) is 27.2 Å². The molecular formula is C36H42F6N6O4. The van der Waals surface area contributed by atoms with Crippen molar-refractivity contribution in [2.75, 3.05) is 38.5 Å². The number of amides is 4. The van der Waals surface area contributed by atoms with Gasteiger partial charge in [0.2, 0.25) is 17.7 Å². The highest BCUT2D eigenvalue weighted by Crippen LogP contribution is 2.41. The Labute approximate surface area is 297 Å². The van der Waals surface area contributed by atoms with Crippen LogP contribution in [-0.4, -0.2) is 84.9 Å². The number of halogens is 6. The highest BCUT2D eigenvalue weighted by molar-refractivity contribution is 5.98. The maximum atomic E-state index is 15.6. The lowest BCUT2D eigenvalue weighted by molar-refractivity contribution is -0.184. The molecule has 10 nitrogen and oxygen atoms in total. The first-order valence-corrected chi connectivity index (χ1v) is 17.1. The minimum Gasteiger partial charge on any atom is -0.344 e. The third-order valence-corrected chi connectivity index (χ3v) is 9.91. The summed E-state index contributed by atoms with van der Waals surface area (Å²) in [4.78, 5) is 56.2. The highest BCUT2D eigenvalue weighted by atomic mass is 19.4. The molecule has 282 valence electrons. The number of rotatable bonds is 11. The summed E-state index contributed by atoms with van der Waals surface area (Å²) in [7, 11) is 1.92. The van der Waals surface area contributed by atoms with Crippen LogP contribution in [0, 0.1) is 29.0 Å². The van der Waals surface area contributed by atoms with Gasteiger partial charge >= 0.3 is 12.1 Å². The molecule has 3 atom stereocenters. The predicted molar refractivity (Wildman–Crippen MR) is 178 cm³/mol. The molecule has 2 aromatic carbocycles. The van der Waals surface area contributed by atoms with E-state index in [1.807, 2.05) is 12.4 Å². The fourth-order valence-corrected chi connectivity index (χ4v) is 6.54. The van der Waals surface area contributed by atoms with E-state index in [4.69, 9.17) is 5.26 Å². The molecule has 2 fully saturated rings. The van der Waals surface area contributed by atoms with Gasteiger partial charge in [-0.15, -0.1) is 0 Å². The van der Waals surface area contributed by atoms with Crippen molar-refractivity contribution in [2.24, 2.45) is 11.8 Å². The molecule has 1 unspecified atom stereocenters. The summed E-state index contributed by atoms with van der Waals surface area (Å²) in [5.74, 6) is -12.4. The quantitative estimate of drug-likeness (QED) is 0.277. The Balaban J connectivity index is 1.56. The van der Waals surface area contributed by atoms with E-state index < -0.39 is 83.7 Å². The molecule has 16 heteroatoms. The summed E-state index contributed by atoms with van der Waals surface area (Å²) < 4.78 is 86.5. The van der Waals surface area contributed by atoms with E-state index in [2.05, 4.69) is 15.5 Å². The number of carbonyl (C=O) groups excluding carboxylic acids is 4. The Morgan fingerprint density at radius 1 is 0.942 bits per heavy atom. The Morgan fingerprint density at radius 2 is 1.60 bits per heavy atom. The number of nitriles is 1. The van der Waals surface area contributed by atoms with Gasteiger partial charge in [-0.25, -0.2) is 4.39 Å². The van der Waals surface area contributed by atoms with Crippen LogP contribution in [0.25, 0.3) is 0 Å². The van der Waals surface area contributed by atoms with E-state index in [1.54, 1.807) is 24.8 Å². The highest BCUT2D eigenvalue weighted by Gasteiger charge is 2.47. The van der Waals surface area contributed by atoms with Crippen molar-refractivity contribution >= 4 is 29.3 Å². The Bertz CT molecular complexity index is 1670. The second kappa shape index (κ2) is 16.8. The lowest BCUT2D eigenvalue weighted by atomic mass is 9.77. The first-order chi connectivity index (χ1) is 24.5. The number of anilines is 1. The molecule has 0 aromatic heterocycles. The van der Waals surface area contributed by atoms with Crippen molar-refractivity contribution < 1.29 is 45.5 Å². The number of hydrogen-bond donors (Lipinski definition) is 3. The lowest BCUT2D eigenvalue weighted by Crippen LogP contribution is -2.55. The molecule has 0 radical (unpaired) electrons. The van der Waals surface area contributed by atoms with Gasteiger partial charge in [-0.1, -0.05) is 32.0 Å². The zero-order chi connectivity index (χ0) is 38.4. The molecule has 52 heavy (non-hydrogen) atoms. The zero-order valence-corrected chi connectivity index (χ0v) is 29.0. The Morgan fingerprint density at radius 3 is 2.17 bits per heavy atom. The predicted octanol–water partition coefficient (Wildman–Crippen LogP) is 5.05. The van der Waals surface area contributed by atoms with E-state index in [0.717, 1.165) is 24.3 Å². The third-order valence-electron chi connectivity index (χ3n) is 9.91. The first-order valence-electron chi connectivity index (χ1n) is 17.1. The number of carbonyl (C=O) groups is 4. The largest absolute Gasteiger partial charge is 0.391 e. The average molecular weight is 737 g/mol. The number of piperazine rings is 1. The van der Waals surface area contributed by atoms with Gasteiger partial charge in [-0.05, 0) is 68.5 Å². The SMILES string of the molecule is CCC(=O)N[C@@H](C(=O)N1CCN(C)CC1)[C@@H](C)c1ccc(NC(=O)C(NC(=O)C(F)(F)c2cccc(C#N)c2)C2CCC(C(F)(F)F)CC2)c(F)c1. The van der Waals surface area contributed by atoms with Gasteiger partial charge in [0.25, 0.3) is 5.91 Å². The summed E-state index contributed by atoms with van der Waals surface area (Å²) in [6.45, 7) is 5.40. The van der Waals surface area contributed by atoms with Crippen LogP contribution in [0.5, 0.6) is 0 Å². The number of benzene rings is 2. The standard InChI is InChI=1S/C36H42F6N6O4/c1-4-29(49)45-30(33(51)48-16-14-47(3)15-17-48)21(2)24-10-13-28(27(37)19-24)44-32(50)31(23-8-11-25(12-9-23)36(40,41)42)46-34(52)35(38,39)26-7-5-6-22(18-26)20-43/h5-7,10,13,18-19,21,23,25,30-31H,4,8-9,11-12,14-17H2,1-3H3,(H,44,50)(H,45,49)(H,46,52)/t21-,23?,25?,30+,31?/m0/s1. The second-order valence-corrected chi connectivity index (χ2v) is 13.4. The third kappa shape index (κ3) is 9.61. The summed E-state index contributed by atoms with van der Waals surface area (Å²) >= 11 is 0. The fourth-order valence-electron chi connectivity index (χ4n) is 6.54. The van der Waals surface area contributed by atoms with Crippen LogP contribution in [0.15, 0.2) is 42.5 Å². The number of nitrogens with one attached hydrogen (secondary N) is 3. The van der Waals surface area contributed by atoms with Crippen molar-refractivity contribution in [3.8, 4) is 6.07 Å². The van der Waals surface area contributed by atoms with Gasteiger partial charge < -0.3 is 25.8 Å². The summed E-state index contributed by atoms with van der Waals surface area (Å²) in [5, 5.41) is 16.1. The van der Waals surface area contributed by atoms with Crippen molar-refractivity contribution in [1.82, 2.24) is 20.4 Å². The maximum Gasteiger partial charge on any atom is 0.391 e. The van der Waals surface area contributed by atoms with Crippen molar-refractivity contribution in [3.05, 3.63) is 65.0 Å². The molecule has 0 bridgehead atoms. The van der Waals surface area contributed by atoms with Crippen LogP contribution in [0.4, 0.5) is 32.0 Å². The number of nitrogens with zero attached hydrogens (tertiary/aromatic N) is 3. The van der Waals surface area contributed by atoms with E-state index >= 15 is 13.2 Å². The molecule has 1 aliphatic heterocycles. The van der Waals surface area contributed by atoms with Crippen molar-refractivity contribution in [3.63, 3.8) is 0 Å². The number of hydrogen-bond acceptors (Lipinski definition) is 6. The molecular weight excluding hydrogens is 694 g/mol. The van der Waals surface area contributed by atoms with E-state index in [0.29, 0.717) is 31.7 Å². The summed E-state index contributed by atoms with van der Waals surface area (Å²) in [6, 6.07) is 6.67. The first kappa shape index (κ1) is 40.1. The van der Waals surface area contributed by atoms with Gasteiger partial charge in [0.15, 0.2) is 0 Å². The van der Waals surface area contributed by atoms with Gasteiger partial charge in [0, 0.05) is 44.1 Å². The molecule has 4 amide bonds. The molecule has 1 aliphatic carbocycles. The molecule has 4 rings (SSSR count). The zero-order valence-electron chi connectivity index (χ0n) is 29.0. The van der Waals surface area contributed by atoms with Gasteiger partial charge in [-0.3, -0.25) is 19.2 Å². The van der Waals surface area contributed by atoms with Crippen LogP contribution in [-0.2, 0) is 25.1 Å². The van der Waals surface area contributed by atoms with Crippen LogP contribution >= 0.6 is 0 Å². The molecule has 2 aliphatic rings. The van der Waals surface area contributed by atoms with Crippen LogP contribution in [0.2, 0.25) is 0 Å².